The molecule has 0 bridgehead atoms. The highest BCUT2D eigenvalue weighted by molar-refractivity contribution is 5.79. The van der Waals surface area contributed by atoms with Crippen LogP contribution in [-0.2, 0) is 9.47 Å². The lowest BCUT2D eigenvalue weighted by molar-refractivity contribution is 0.0664. The Hall–Kier alpha value is -1.16. The highest BCUT2D eigenvalue weighted by atomic mass is 16.6. The van der Waals surface area contributed by atoms with E-state index in [0.717, 1.165) is 19.3 Å². The van der Waals surface area contributed by atoms with Gasteiger partial charge in [0.15, 0.2) is 0 Å². The van der Waals surface area contributed by atoms with Crippen molar-refractivity contribution in [1.82, 2.24) is 4.90 Å². The molecule has 1 amide bonds. The summed E-state index contributed by atoms with van der Waals surface area (Å²) in [5.74, 6) is 0.441. The fourth-order valence-electron chi connectivity index (χ4n) is 2.97. The molecule has 6 nitrogen and oxygen atoms in total. The van der Waals surface area contributed by atoms with Gasteiger partial charge in [-0.15, -0.1) is 0 Å². The van der Waals surface area contributed by atoms with Gasteiger partial charge in [0, 0.05) is 6.04 Å². The summed E-state index contributed by atoms with van der Waals surface area (Å²) in [5, 5.41) is 0. The molecule has 0 spiro atoms. The normalized spacial score (nSPS) is 34.8. The van der Waals surface area contributed by atoms with Gasteiger partial charge in [0.2, 0.25) is 0 Å². The van der Waals surface area contributed by atoms with Crippen LogP contribution >= 0.6 is 0 Å². The van der Waals surface area contributed by atoms with Gasteiger partial charge in [0.25, 0.3) is 6.07 Å². The van der Waals surface area contributed by atoms with Crippen molar-refractivity contribution < 1.29 is 14.3 Å². The molecule has 1 saturated heterocycles. The maximum absolute atomic E-state index is 11.7. The van der Waals surface area contributed by atoms with Crippen LogP contribution in [-0.4, -0.2) is 49.1 Å². The highest BCUT2D eigenvalue weighted by Gasteiger charge is 2.49. The Morgan fingerprint density at radius 1 is 1.36 bits per heavy atom. The Bertz CT molecular complexity index is 475. The number of hydrogen-bond donors (Lipinski definition) is 1. The predicted octanol–water partition coefficient (Wildman–Crippen LogP) is 2.28. The van der Waals surface area contributed by atoms with Crippen LogP contribution < -0.4 is 5.73 Å². The molecule has 0 aromatic rings. The quantitative estimate of drug-likeness (QED) is 0.792. The van der Waals surface area contributed by atoms with E-state index < -0.39 is 11.7 Å². The second-order valence-electron chi connectivity index (χ2n) is 7.52. The van der Waals surface area contributed by atoms with E-state index in [1.165, 1.54) is 0 Å². The maximum Gasteiger partial charge on any atom is 0.728 e. The first kappa shape index (κ1) is 17.2. The average molecular weight is 310 g/mol. The fraction of sp³-hybridized carbons (Fsp3) is 0.875. The first-order chi connectivity index (χ1) is 10.2. The molecule has 22 heavy (non-hydrogen) atoms. The van der Waals surface area contributed by atoms with Crippen LogP contribution in [0.3, 0.4) is 0 Å². The van der Waals surface area contributed by atoms with Crippen molar-refractivity contribution >= 4 is 6.09 Å². The van der Waals surface area contributed by atoms with Gasteiger partial charge in [-0.1, -0.05) is 0 Å². The number of epoxide rings is 1. The van der Waals surface area contributed by atoms with Crippen molar-refractivity contribution in [2.75, 3.05) is 14.1 Å². The van der Waals surface area contributed by atoms with Gasteiger partial charge in [-0.3, -0.25) is 4.90 Å². The Labute approximate surface area is 132 Å². The zero-order valence-corrected chi connectivity index (χ0v) is 14.2. The molecule has 0 aromatic carbocycles. The van der Waals surface area contributed by atoms with E-state index in [1.807, 2.05) is 34.9 Å². The van der Waals surface area contributed by atoms with Crippen molar-refractivity contribution in [1.29, 1.82) is 0 Å². The average Bonchev–Trinajstić information content (AvgIpc) is 3.16. The first-order valence-corrected chi connectivity index (χ1v) is 7.94. The van der Waals surface area contributed by atoms with E-state index in [2.05, 4.69) is 15.8 Å². The van der Waals surface area contributed by atoms with E-state index in [9.17, 15) is 4.79 Å². The third kappa shape index (κ3) is 4.67. The molecule has 3 unspecified atom stereocenters. The molecule has 2 N–H and O–H groups in total. The van der Waals surface area contributed by atoms with Gasteiger partial charge in [-0.05, 0) is 60.0 Å². The molecule has 6 heteroatoms. The monoisotopic (exact) mass is 310 g/mol. The summed E-state index contributed by atoms with van der Waals surface area (Å²) < 4.78 is 10.9. The van der Waals surface area contributed by atoms with Gasteiger partial charge in [0.1, 0.15) is 23.9 Å². The molecule has 2 fully saturated rings. The first-order valence-electron chi connectivity index (χ1n) is 7.94. The van der Waals surface area contributed by atoms with E-state index in [-0.39, 0.29) is 24.3 Å². The lowest BCUT2D eigenvalue weighted by atomic mass is 9.77. The van der Waals surface area contributed by atoms with Crippen LogP contribution in [0.25, 0.3) is 4.85 Å². The van der Waals surface area contributed by atoms with Gasteiger partial charge in [-0.25, -0.2) is 0 Å². The van der Waals surface area contributed by atoms with Crippen molar-refractivity contribution in [2.24, 2.45) is 17.6 Å². The van der Waals surface area contributed by atoms with Crippen molar-refractivity contribution in [3.63, 3.8) is 0 Å². The molecule has 1 saturated carbocycles. The molecular formula is C16H28N3O3+. The topological polar surface area (TPSA) is 72.5 Å². The van der Waals surface area contributed by atoms with Gasteiger partial charge >= 0.3 is 6.09 Å². The van der Waals surface area contributed by atoms with E-state index in [1.54, 1.807) is 0 Å². The smallest absolute Gasteiger partial charge is 0.392 e. The summed E-state index contributed by atoms with van der Waals surface area (Å²) in [5.41, 5.74) is 5.60. The lowest BCUT2D eigenvalue weighted by Gasteiger charge is -2.27. The number of rotatable bonds is 2. The number of hydrogen-bond acceptors (Lipinski definition) is 5. The van der Waals surface area contributed by atoms with Crippen LogP contribution in [0.5, 0.6) is 0 Å². The van der Waals surface area contributed by atoms with Crippen LogP contribution in [0.2, 0.25) is 0 Å². The minimum atomic E-state index is -0.601. The van der Waals surface area contributed by atoms with E-state index >= 15 is 0 Å². The molecule has 1 heterocycles. The maximum atomic E-state index is 11.7. The van der Waals surface area contributed by atoms with Gasteiger partial charge in [-0.2, -0.15) is 4.79 Å². The summed E-state index contributed by atoms with van der Waals surface area (Å²) in [4.78, 5) is 17.6. The van der Waals surface area contributed by atoms with Gasteiger partial charge < -0.3 is 15.2 Å². The van der Waals surface area contributed by atoms with Crippen LogP contribution in [0, 0.1) is 17.9 Å². The number of carbonyl (C=O) groups is 1. The Kier molecular flexibility index (Phi) is 5.10. The molecule has 124 valence electrons. The Morgan fingerprint density at radius 2 is 2.05 bits per heavy atom. The third-order valence-electron chi connectivity index (χ3n) is 4.13. The lowest BCUT2D eigenvalue weighted by Crippen LogP contribution is -2.37. The minimum Gasteiger partial charge on any atom is -0.392 e. The van der Waals surface area contributed by atoms with E-state index in [0.29, 0.717) is 5.92 Å². The van der Waals surface area contributed by atoms with E-state index in [4.69, 9.17) is 15.2 Å². The standard InChI is InChI=1S/C16H28N3O3/c1-16(2,3)22-15(20)18-9-11-8-10(6-7-12(11)17)13-14(21-13)19(4)5/h10-14H,6-8,17H2,1-5H3/q+1/t10-,11?,12-,13?,14?/m0/s1. The molecule has 2 aliphatic rings. The van der Waals surface area contributed by atoms with Crippen molar-refractivity contribution in [3.8, 4) is 6.07 Å². The summed E-state index contributed by atoms with van der Waals surface area (Å²) in [6.45, 7) is 5.44. The van der Waals surface area contributed by atoms with Gasteiger partial charge in [0.05, 0.1) is 4.85 Å². The summed E-state index contributed by atoms with van der Waals surface area (Å²) in [6, 6.07) is 2.91. The largest absolute Gasteiger partial charge is 0.728 e. The SMILES string of the molecule is CN(C)C1OC1[C@H]1CC[C@H](N)C(C#[N+]C(=O)OC(C)(C)C)C1. The minimum absolute atomic E-state index is 0.000933. The van der Waals surface area contributed by atoms with Crippen LogP contribution in [0.1, 0.15) is 40.0 Å². The number of nitrogens with zero attached hydrogens (tertiary/aromatic N) is 2. The number of carbonyl (C=O) groups excluding carboxylic acids is 1. The Balaban J connectivity index is 1.91. The van der Waals surface area contributed by atoms with Crippen LogP contribution in [0.4, 0.5) is 4.79 Å². The second kappa shape index (κ2) is 6.53. The summed E-state index contributed by atoms with van der Waals surface area (Å²) in [7, 11) is 4.04. The molecule has 2 rings (SSSR count). The molecule has 0 aromatic heterocycles. The highest BCUT2D eigenvalue weighted by Crippen LogP contribution is 2.40. The zero-order valence-electron chi connectivity index (χ0n) is 14.2. The second-order valence-corrected chi connectivity index (χ2v) is 7.52. The molecule has 1 aliphatic carbocycles. The van der Waals surface area contributed by atoms with Crippen molar-refractivity contribution in [3.05, 3.63) is 4.85 Å². The molecular weight excluding hydrogens is 282 g/mol. The number of ether oxygens (including phenoxy) is 2. The number of likely N-dealkylation sites (N-methyl/N-ethyl adjacent to an activating group) is 1. The molecule has 1 aliphatic heterocycles. The van der Waals surface area contributed by atoms with Crippen LogP contribution in [0.15, 0.2) is 0 Å². The number of amides is 1. The molecule has 5 atom stereocenters. The zero-order chi connectivity index (χ0) is 16.5. The predicted molar refractivity (Wildman–Crippen MR) is 84.6 cm³/mol. The number of nitrogens with two attached hydrogens (primary N) is 1. The summed E-state index contributed by atoms with van der Waals surface area (Å²) in [6.07, 6.45) is 2.71. The third-order valence-corrected chi connectivity index (χ3v) is 4.13. The molecule has 0 radical (unpaired) electrons. The fourth-order valence-corrected chi connectivity index (χ4v) is 2.97. The van der Waals surface area contributed by atoms with Crippen molar-refractivity contribution in [2.45, 2.75) is 64.0 Å². The summed E-state index contributed by atoms with van der Waals surface area (Å²) >= 11 is 0. The Morgan fingerprint density at radius 3 is 2.59 bits per heavy atom.